The van der Waals surface area contributed by atoms with E-state index in [4.69, 9.17) is 0 Å². The number of nitro benzene ring substituents is 1. The molecule has 0 spiro atoms. The van der Waals surface area contributed by atoms with Crippen LogP contribution in [0.2, 0.25) is 0 Å². The van der Waals surface area contributed by atoms with E-state index in [0.717, 1.165) is 41.0 Å². The van der Waals surface area contributed by atoms with Crippen LogP contribution in [0.3, 0.4) is 0 Å². The second-order valence-electron chi connectivity index (χ2n) is 8.01. The summed E-state index contributed by atoms with van der Waals surface area (Å²) in [7, 11) is 0. The molecule has 1 unspecified atom stereocenters. The highest BCUT2D eigenvalue weighted by atomic mass is 16.6. The molecule has 4 rings (SSSR count). The van der Waals surface area contributed by atoms with E-state index >= 15 is 0 Å². The molecule has 1 fully saturated rings. The first-order valence-electron chi connectivity index (χ1n) is 10.2. The quantitative estimate of drug-likeness (QED) is 0.520. The van der Waals surface area contributed by atoms with Crippen LogP contribution in [-0.4, -0.2) is 43.8 Å². The lowest BCUT2D eigenvalue weighted by Gasteiger charge is -2.34. The molecule has 0 radical (unpaired) electrons. The molecule has 0 saturated carbocycles. The van der Waals surface area contributed by atoms with E-state index in [1.54, 1.807) is 12.1 Å². The number of rotatable bonds is 4. The van der Waals surface area contributed by atoms with Gasteiger partial charge in [0, 0.05) is 31.4 Å². The number of aromatic nitrogens is 3. The van der Waals surface area contributed by atoms with E-state index in [1.165, 1.54) is 17.7 Å². The Morgan fingerprint density at radius 2 is 1.90 bits per heavy atom. The van der Waals surface area contributed by atoms with Crippen LogP contribution in [-0.2, 0) is 4.79 Å². The van der Waals surface area contributed by atoms with E-state index in [0.29, 0.717) is 19.0 Å². The molecule has 8 heteroatoms. The molecule has 0 bridgehead atoms. The lowest BCUT2D eigenvalue weighted by molar-refractivity contribution is -0.384. The first kappa shape index (κ1) is 20.0. The third kappa shape index (κ3) is 3.65. The zero-order valence-electron chi connectivity index (χ0n) is 17.4. The molecule has 1 amide bonds. The average Bonchev–Trinajstić information content (AvgIpc) is 3.15. The van der Waals surface area contributed by atoms with Crippen LogP contribution in [0, 0.1) is 24.0 Å². The SMILES string of the molecule is Cc1nc2c(C)ncc(C3CCN(C(=O)C(C)c4ccc([N+](=O)[O-])cc4)CC3)c2[nH]1. The van der Waals surface area contributed by atoms with Gasteiger partial charge in [0.05, 0.1) is 22.1 Å². The van der Waals surface area contributed by atoms with Crippen molar-refractivity contribution in [1.29, 1.82) is 0 Å². The summed E-state index contributed by atoms with van der Waals surface area (Å²) in [5.41, 5.74) is 4.91. The van der Waals surface area contributed by atoms with Gasteiger partial charge < -0.3 is 9.88 Å². The maximum atomic E-state index is 13.0. The zero-order chi connectivity index (χ0) is 21.4. The molecular weight excluding hydrogens is 382 g/mol. The predicted octanol–water partition coefficient (Wildman–Crippen LogP) is 3.99. The summed E-state index contributed by atoms with van der Waals surface area (Å²) < 4.78 is 0. The summed E-state index contributed by atoms with van der Waals surface area (Å²) in [6.07, 6.45) is 3.68. The molecule has 1 saturated heterocycles. The first-order valence-corrected chi connectivity index (χ1v) is 10.2. The van der Waals surface area contributed by atoms with Gasteiger partial charge in [0.25, 0.3) is 5.69 Å². The van der Waals surface area contributed by atoms with Crippen LogP contribution >= 0.6 is 0 Å². The van der Waals surface area contributed by atoms with Crippen molar-refractivity contribution in [3.8, 4) is 0 Å². The molecule has 1 N–H and O–H groups in total. The van der Waals surface area contributed by atoms with Gasteiger partial charge in [-0.15, -0.1) is 0 Å². The number of piperidine rings is 1. The van der Waals surface area contributed by atoms with Gasteiger partial charge in [-0.2, -0.15) is 0 Å². The lowest BCUT2D eigenvalue weighted by atomic mass is 9.88. The summed E-state index contributed by atoms with van der Waals surface area (Å²) >= 11 is 0. The van der Waals surface area contributed by atoms with Gasteiger partial charge in [0.1, 0.15) is 11.3 Å². The molecule has 2 aromatic heterocycles. The van der Waals surface area contributed by atoms with Gasteiger partial charge in [-0.25, -0.2) is 4.98 Å². The summed E-state index contributed by atoms with van der Waals surface area (Å²) in [4.78, 5) is 37.7. The van der Waals surface area contributed by atoms with Crippen molar-refractivity contribution in [2.75, 3.05) is 13.1 Å². The fraction of sp³-hybridized carbons (Fsp3) is 0.409. The van der Waals surface area contributed by atoms with Gasteiger partial charge in [-0.05, 0) is 50.7 Å². The summed E-state index contributed by atoms with van der Waals surface area (Å²) in [5.74, 6) is 0.947. The van der Waals surface area contributed by atoms with Crippen LogP contribution in [0.1, 0.15) is 54.2 Å². The van der Waals surface area contributed by atoms with Crippen molar-refractivity contribution in [3.63, 3.8) is 0 Å². The monoisotopic (exact) mass is 407 g/mol. The Bertz CT molecular complexity index is 1100. The molecule has 1 aliphatic heterocycles. The van der Waals surface area contributed by atoms with Gasteiger partial charge in [-0.1, -0.05) is 12.1 Å². The van der Waals surface area contributed by atoms with E-state index in [2.05, 4.69) is 15.0 Å². The normalized spacial score (nSPS) is 16.0. The molecule has 156 valence electrons. The molecule has 1 atom stereocenters. The Morgan fingerprint density at radius 1 is 1.23 bits per heavy atom. The van der Waals surface area contributed by atoms with E-state index < -0.39 is 4.92 Å². The number of fused-ring (bicyclic) bond motifs is 1. The number of pyridine rings is 1. The highest BCUT2D eigenvalue weighted by Gasteiger charge is 2.29. The van der Waals surface area contributed by atoms with Crippen LogP contribution < -0.4 is 0 Å². The van der Waals surface area contributed by atoms with Crippen LogP contribution in [0.15, 0.2) is 30.5 Å². The standard InChI is InChI=1S/C22H25N5O3/c1-13(16-4-6-18(7-5-16)27(29)30)22(28)26-10-8-17(9-11-26)19-12-23-14(2)20-21(19)25-15(3)24-20/h4-7,12-13,17H,8-11H2,1-3H3,(H,24,25). The number of amides is 1. The summed E-state index contributed by atoms with van der Waals surface area (Å²) in [6.45, 7) is 7.14. The van der Waals surface area contributed by atoms with Crippen LogP contribution in [0.5, 0.6) is 0 Å². The van der Waals surface area contributed by atoms with Crippen molar-refractivity contribution in [3.05, 3.63) is 63.2 Å². The molecule has 30 heavy (non-hydrogen) atoms. The Morgan fingerprint density at radius 3 is 2.53 bits per heavy atom. The lowest BCUT2D eigenvalue weighted by Crippen LogP contribution is -2.40. The van der Waals surface area contributed by atoms with Gasteiger partial charge in [0.2, 0.25) is 5.91 Å². The number of nitro groups is 1. The summed E-state index contributed by atoms with van der Waals surface area (Å²) in [5, 5.41) is 10.8. The van der Waals surface area contributed by atoms with Gasteiger partial charge in [-0.3, -0.25) is 19.9 Å². The Balaban J connectivity index is 1.45. The van der Waals surface area contributed by atoms with Crippen LogP contribution in [0.4, 0.5) is 5.69 Å². The molecule has 8 nitrogen and oxygen atoms in total. The van der Waals surface area contributed by atoms with Crippen molar-refractivity contribution in [1.82, 2.24) is 19.9 Å². The highest BCUT2D eigenvalue weighted by molar-refractivity contribution is 5.84. The van der Waals surface area contributed by atoms with Gasteiger partial charge in [0.15, 0.2) is 0 Å². The third-order valence-electron chi connectivity index (χ3n) is 6.07. The summed E-state index contributed by atoms with van der Waals surface area (Å²) in [6, 6.07) is 6.24. The predicted molar refractivity (Wildman–Crippen MR) is 113 cm³/mol. The van der Waals surface area contributed by atoms with Crippen molar-refractivity contribution >= 4 is 22.6 Å². The van der Waals surface area contributed by atoms with Crippen LogP contribution in [0.25, 0.3) is 11.0 Å². The third-order valence-corrected chi connectivity index (χ3v) is 6.07. The Kier molecular flexibility index (Phi) is 5.24. The molecule has 3 aromatic rings. The second-order valence-corrected chi connectivity index (χ2v) is 8.01. The molecule has 1 aliphatic rings. The number of aromatic amines is 1. The van der Waals surface area contributed by atoms with Gasteiger partial charge >= 0.3 is 0 Å². The highest BCUT2D eigenvalue weighted by Crippen LogP contribution is 2.33. The molecule has 1 aromatic carbocycles. The maximum absolute atomic E-state index is 13.0. The number of imidazole rings is 1. The number of benzene rings is 1. The minimum atomic E-state index is -0.431. The number of H-pyrrole nitrogens is 1. The number of likely N-dealkylation sites (tertiary alicyclic amines) is 1. The number of nitrogens with one attached hydrogen (secondary N) is 1. The van der Waals surface area contributed by atoms with E-state index in [9.17, 15) is 14.9 Å². The van der Waals surface area contributed by atoms with Crippen molar-refractivity contribution < 1.29 is 9.72 Å². The van der Waals surface area contributed by atoms with E-state index in [1.807, 2.05) is 31.9 Å². The zero-order valence-corrected chi connectivity index (χ0v) is 17.4. The largest absolute Gasteiger partial charge is 0.342 e. The number of carbonyl (C=O) groups is 1. The molecular formula is C22H25N5O3. The van der Waals surface area contributed by atoms with Crippen molar-refractivity contribution in [2.24, 2.45) is 0 Å². The topological polar surface area (TPSA) is 105 Å². The van der Waals surface area contributed by atoms with Crippen molar-refractivity contribution in [2.45, 2.75) is 45.4 Å². The van der Waals surface area contributed by atoms with E-state index in [-0.39, 0.29) is 17.5 Å². The number of hydrogen-bond acceptors (Lipinski definition) is 5. The fourth-order valence-corrected chi connectivity index (χ4v) is 4.28. The fourth-order valence-electron chi connectivity index (χ4n) is 4.28. The number of carbonyl (C=O) groups excluding carboxylic acids is 1. The Labute approximate surface area is 174 Å². The maximum Gasteiger partial charge on any atom is 0.269 e. The number of hydrogen-bond donors (Lipinski definition) is 1. The molecule has 0 aliphatic carbocycles. The smallest absolute Gasteiger partial charge is 0.269 e. The first-order chi connectivity index (χ1) is 14.3. The second kappa shape index (κ2) is 7.85. The number of non-ortho nitro benzene ring substituents is 1. The average molecular weight is 407 g/mol. The minimum Gasteiger partial charge on any atom is -0.342 e. The number of nitrogens with zero attached hydrogens (tertiary/aromatic N) is 4. The number of aryl methyl sites for hydroxylation is 2. The Hall–Kier alpha value is -3.29. The molecule has 3 heterocycles. The minimum absolute atomic E-state index is 0.0336.